The van der Waals surface area contributed by atoms with Gasteiger partial charge in [-0.25, -0.2) is 0 Å². The molecule has 0 amide bonds. The second kappa shape index (κ2) is 3.15. The van der Waals surface area contributed by atoms with Gasteiger partial charge in [0.05, 0.1) is 15.1 Å². The van der Waals surface area contributed by atoms with Crippen molar-refractivity contribution in [1.29, 1.82) is 0 Å². The van der Waals surface area contributed by atoms with Crippen LogP contribution in [0.4, 0.5) is 0 Å². The van der Waals surface area contributed by atoms with Crippen molar-refractivity contribution in [1.82, 2.24) is 0 Å². The Kier molecular flexibility index (Phi) is 2.00. The summed E-state index contributed by atoms with van der Waals surface area (Å²) in [5.41, 5.74) is 3.22. The van der Waals surface area contributed by atoms with Crippen LogP contribution in [0.2, 0.25) is 15.1 Å². The second-order valence-electron chi connectivity index (χ2n) is 3.30. The molecular formula is C12H3Cl3. The highest BCUT2D eigenvalue weighted by Crippen LogP contribution is 2.45. The van der Waals surface area contributed by atoms with Crippen molar-refractivity contribution in [3.05, 3.63) is 45.4 Å². The molecule has 4 aliphatic carbocycles. The highest BCUT2D eigenvalue weighted by molar-refractivity contribution is 6.46. The molecule has 0 aliphatic heterocycles. The summed E-state index contributed by atoms with van der Waals surface area (Å²) < 4.78 is 0. The standard InChI is InChI=1S/C12H3Cl3/c13-10-5-6-1-2-8(10)9-4-3-7(6)11(14)12(9)15/h1,3-4H. The van der Waals surface area contributed by atoms with Crippen LogP contribution in [0.15, 0.2) is 18.2 Å². The Hall–Kier alpha value is -0.690. The van der Waals surface area contributed by atoms with Gasteiger partial charge in [0.2, 0.25) is 0 Å². The molecule has 0 spiro atoms. The molecule has 0 heterocycles. The SMILES string of the molecule is Clc1[c]c2c[c]c1-c1ccc-2c(Cl)c1Cl. The topological polar surface area (TPSA) is 0 Å². The van der Waals surface area contributed by atoms with E-state index in [1.807, 2.05) is 18.2 Å². The Morgan fingerprint density at radius 3 is 2.33 bits per heavy atom. The van der Waals surface area contributed by atoms with Gasteiger partial charge in [-0.1, -0.05) is 46.9 Å². The van der Waals surface area contributed by atoms with Crippen molar-refractivity contribution in [2.45, 2.75) is 0 Å². The van der Waals surface area contributed by atoms with Crippen molar-refractivity contribution >= 4 is 34.8 Å². The Morgan fingerprint density at radius 1 is 0.933 bits per heavy atom. The summed E-state index contributed by atoms with van der Waals surface area (Å²) >= 11 is 18.4. The number of hydrogen-bond donors (Lipinski definition) is 0. The van der Waals surface area contributed by atoms with Gasteiger partial charge in [-0.3, -0.25) is 0 Å². The van der Waals surface area contributed by atoms with E-state index in [1.54, 1.807) is 0 Å². The van der Waals surface area contributed by atoms with E-state index in [0.29, 0.717) is 15.1 Å². The molecule has 72 valence electrons. The van der Waals surface area contributed by atoms with Gasteiger partial charge < -0.3 is 0 Å². The first-order valence-electron chi connectivity index (χ1n) is 4.30. The van der Waals surface area contributed by atoms with Crippen molar-refractivity contribution in [2.24, 2.45) is 0 Å². The molecular weight excluding hydrogens is 250 g/mol. The molecule has 6 rings (SSSR count). The molecule has 2 radical (unpaired) electrons. The third-order valence-electron chi connectivity index (χ3n) is 2.47. The number of hydrogen-bond acceptors (Lipinski definition) is 0. The van der Waals surface area contributed by atoms with Crippen LogP contribution in [0.1, 0.15) is 0 Å². The largest absolute Gasteiger partial charge is 0.0829 e. The number of halogens is 3. The summed E-state index contributed by atoms with van der Waals surface area (Å²) in [7, 11) is 0. The minimum absolute atomic E-state index is 0.530. The highest BCUT2D eigenvalue weighted by atomic mass is 35.5. The third-order valence-corrected chi connectivity index (χ3v) is 3.63. The fourth-order valence-electron chi connectivity index (χ4n) is 1.72. The molecule has 4 bridgehead atoms. The molecule has 0 unspecified atom stereocenters. The molecule has 0 atom stereocenters. The quantitative estimate of drug-likeness (QED) is 0.535. The van der Waals surface area contributed by atoms with E-state index in [2.05, 4.69) is 12.1 Å². The molecule has 0 nitrogen and oxygen atoms in total. The fraction of sp³-hybridized carbons (Fsp3) is 0. The van der Waals surface area contributed by atoms with Gasteiger partial charge in [-0.15, -0.1) is 0 Å². The zero-order chi connectivity index (χ0) is 10.6. The van der Waals surface area contributed by atoms with Crippen LogP contribution >= 0.6 is 34.8 Å². The molecule has 15 heavy (non-hydrogen) atoms. The van der Waals surface area contributed by atoms with Gasteiger partial charge in [0, 0.05) is 22.8 Å². The van der Waals surface area contributed by atoms with Gasteiger partial charge in [0.25, 0.3) is 0 Å². The monoisotopic (exact) mass is 252 g/mol. The highest BCUT2D eigenvalue weighted by Gasteiger charge is 2.19. The maximum absolute atomic E-state index is 6.15. The zero-order valence-corrected chi connectivity index (χ0v) is 9.63. The maximum atomic E-state index is 6.15. The Balaban J connectivity index is 2.55. The summed E-state index contributed by atoms with van der Waals surface area (Å²) in [4.78, 5) is 0. The Morgan fingerprint density at radius 2 is 1.60 bits per heavy atom. The van der Waals surface area contributed by atoms with Crippen molar-refractivity contribution in [2.75, 3.05) is 0 Å². The first kappa shape index (κ1) is 9.53. The van der Waals surface area contributed by atoms with Crippen molar-refractivity contribution in [3.8, 4) is 22.3 Å². The molecule has 2 aromatic carbocycles. The molecule has 3 heteroatoms. The Bertz CT molecular complexity index is 573. The van der Waals surface area contributed by atoms with E-state index in [4.69, 9.17) is 34.8 Å². The number of rotatable bonds is 0. The van der Waals surface area contributed by atoms with E-state index >= 15 is 0 Å². The Labute approximate surface area is 102 Å². The van der Waals surface area contributed by atoms with Crippen molar-refractivity contribution in [3.63, 3.8) is 0 Å². The van der Waals surface area contributed by atoms with E-state index in [-0.39, 0.29) is 0 Å². The fourth-order valence-corrected chi connectivity index (χ4v) is 2.50. The van der Waals surface area contributed by atoms with E-state index < -0.39 is 0 Å². The average Bonchev–Trinajstić information content (AvgIpc) is 2.18. The lowest BCUT2D eigenvalue weighted by Gasteiger charge is -2.16. The lowest BCUT2D eigenvalue weighted by atomic mass is 9.94. The molecule has 2 aromatic rings. The van der Waals surface area contributed by atoms with E-state index in [9.17, 15) is 0 Å². The van der Waals surface area contributed by atoms with E-state index in [1.165, 1.54) is 0 Å². The maximum Gasteiger partial charge on any atom is 0.0677 e. The summed E-state index contributed by atoms with van der Waals surface area (Å²) in [5, 5.41) is 1.62. The molecule has 0 N–H and O–H groups in total. The smallest absolute Gasteiger partial charge is 0.0677 e. The first-order valence-corrected chi connectivity index (χ1v) is 5.44. The van der Waals surface area contributed by atoms with Crippen LogP contribution in [-0.4, -0.2) is 0 Å². The molecule has 4 aliphatic rings. The third kappa shape index (κ3) is 1.22. The predicted octanol–water partition coefficient (Wildman–Crippen LogP) is 4.89. The molecule has 0 aromatic heterocycles. The van der Waals surface area contributed by atoms with Gasteiger partial charge >= 0.3 is 0 Å². The number of benzene rings is 2. The normalized spacial score (nSPS) is 11.7. The zero-order valence-electron chi connectivity index (χ0n) is 7.37. The van der Waals surface area contributed by atoms with Crippen molar-refractivity contribution < 1.29 is 0 Å². The summed E-state index contributed by atoms with van der Waals surface area (Å²) in [6.45, 7) is 0. The van der Waals surface area contributed by atoms with Crippen LogP contribution in [-0.2, 0) is 0 Å². The molecule has 0 saturated carbocycles. The minimum Gasteiger partial charge on any atom is -0.0829 e. The average molecular weight is 254 g/mol. The molecule has 0 fully saturated rings. The van der Waals surface area contributed by atoms with Crippen LogP contribution in [0, 0.1) is 12.1 Å². The van der Waals surface area contributed by atoms with Gasteiger partial charge in [-0.05, 0) is 17.7 Å². The molecule has 0 saturated heterocycles. The van der Waals surface area contributed by atoms with Gasteiger partial charge in [-0.2, -0.15) is 0 Å². The van der Waals surface area contributed by atoms with Crippen LogP contribution < -0.4 is 0 Å². The van der Waals surface area contributed by atoms with Crippen LogP contribution in [0.3, 0.4) is 0 Å². The van der Waals surface area contributed by atoms with Gasteiger partial charge in [0.15, 0.2) is 0 Å². The minimum atomic E-state index is 0.530. The summed E-state index contributed by atoms with van der Waals surface area (Å²) in [5.74, 6) is 0. The summed E-state index contributed by atoms with van der Waals surface area (Å²) in [6, 6.07) is 11.8. The van der Waals surface area contributed by atoms with Gasteiger partial charge in [0.1, 0.15) is 0 Å². The lowest BCUT2D eigenvalue weighted by Crippen LogP contribution is -1.92. The first-order chi connectivity index (χ1) is 7.18. The second-order valence-corrected chi connectivity index (χ2v) is 4.44. The van der Waals surface area contributed by atoms with E-state index in [0.717, 1.165) is 22.3 Å². The summed E-state index contributed by atoms with van der Waals surface area (Å²) in [6.07, 6.45) is 0. The predicted molar refractivity (Wildman–Crippen MR) is 63.6 cm³/mol. The van der Waals surface area contributed by atoms with Crippen LogP contribution in [0.5, 0.6) is 0 Å². The lowest BCUT2D eigenvalue weighted by molar-refractivity contribution is 1.53. The van der Waals surface area contributed by atoms with Crippen LogP contribution in [0.25, 0.3) is 22.3 Å².